The van der Waals surface area contributed by atoms with E-state index in [1.165, 1.54) is 13.0 Å². The molecule has 0 aliphatic heterocycles. The molecule has 1 heterocycles. The number of carbonyl (C=O) groups excluding carboxylic acids is 2. The van der Waals surface area contributed by atoms with Crippen LogP contribution in [0.5, 0.6) is 0 Å². The molecular weight excluding hydrogens is 378 g/mol. The predicted octanol–water partition coefficient (Wildman–Crippen LogP) is 4.39. The van der Waals surface area contributed by atoms with Gasteiger partial charge in [-0.1, -0.05) is 43.1 Å². The molecule has 1 aromatic carbocycles. The van der Waals surface area contributed by atoms with Gasteiger partial charge in [0.25, 0.3) is 5.91 Å². The van der Waals surface area contributed by atoms with Crippen LogP contribution in [-0.4, -0.2) is 27.8 Å². The van der Waals surface area contributed by atoms with Crippen molar-refractivity contribution in [1.29, 1.82) is 0 Å². The van der Waals surface area contributed by atoms with Crippen molar-refractivity contribution in [3.8, 4) is 0 Å². The highest BCUT2D eigenvalue weighted by molar-refractivity contribution is 6.31. The Morgan fingerprint density at radius 1 is 1.21 bits per heavy atom. The Morgan fingerprint density at radius 2 is 1.86 bits per heavy atom. The topological polar surface area (TPSA) is 73.2 Å². The van der Waals surface area contributed by atoms with Crippen LogP contribution in [0.15, 0.2) is 30.3 Å². The maximum Gasteiger partial charge on any atom is 0.331 e. The molecule has 28 heavy (non-hydrogen) atoms. The van der Waals surface area contributed by atoms with Crippen LogP contribution in [0.3, 0.4) is 0 Å². The van der Waals surface area contributed by atoms with E-state index in [-0.39, 0.29) is 0 Å². The molecule has 150 valence electrons. The van der Waals surface area contributed by atoms with E-state index in [0.29, 0.717) is 28.9 Å². The minimum absolute atomic E-state index is 0.395. The number of nitrogens with zero attached hydrogens (tertiary/aromatic N) is 2. The van der Waals surface area contributed by atoms with Gasteiger partial charge in [-0.3, -0.25) is 9.48 Å². The average Bonchev–Trinajstić information content (AvgIpc) is 2.87. The molecule has 0 fully saturated rings. The molecule has 7 heteroatoms. The summed E-state index contributed by atoms with van der Waals surface area (Å²) in [6, 6.07) is 7.36. The van der Waals surface area contributed by atoms with Crippen LogP contribution >= 0.6 is 11.6 Å². The third-order valence-electron chi connectivity index (χ3n) is 4.01. The Kier molecular flexibility index (Phi) is 7.40. The number of anilines is 1. The summed E-state index contributed by atoms with van der Waals surface area (Å²) in [6.07, 6.45) is 1.89. The van der Waals surface area contributed by atoms with E-state index >= 15 is 0 Å². The second-order valence-electron chi connectivity index (χ2n) is 7.13. The van der Waals surface area contributed by atoms with Crippen molar-refractivity contribution >= 4 is 35.2 Å². The van der Waals surface area contributed by atoms with Crippen LogP contribution in [0.1, 0.15) is 37.6 Å². The maximum atomic E-state index is 12.2. The van der Waals surface area contributed by atoms with Gasteiger partial charge in [0.2, 0.25) is 0 Å². The number of esters is 1. The summed E-state index contributed by atoms with van der Waals surface area (Å²) >= 11 is 6.35. The van der Waals surface area contributed by atoms with E-state index in [1.807, 2.05) is 26.0 Å². The lowest BCUT2D eigenvalue weighted by Crippen LogP contribution is -2.29. The molecule has 2 rings (SSSR count). The quantitative estimate of drug-likeness (QED) is 0.549. The summed E-state index contributed by atoms with van der Waals surface area (Å²) in [5.41, 5.74) is 3.12. The molecule has 0 aliphatic carbocycles. The SMILES string of the molecule is Cc1ccc(NC(=O)[C@H](C)OC(=O)/C=C/c2c(C)nn(CC(C)C)c2Cl)cc1. The highest BCUT2D eigenvalue weighted by atomic mass is 35.5. The predicted molar refractivity (Wildman–Crippen MR) is 111 cm³/mol. The van der Waals surface area contributed by atoms with Crippen molar-refractivity contribution in [3.63, 3.8) is 0 Å². The molecule has 0 saturated heterocycles. The Morgan fingerprint density at radius 3 is 2.46 bits per heavy atom. The second kappa shape index (κ2) is 9.55. The largest absolute Gasteiger partial charge is 0.449 e. The lowest BCUT2D eigenvalue weighted by molar-refractivity contribution is -0.148. The van der Waals surface area contributed by atoms with Gasteiger partial charge in [0.05, 0.1) is 5.69 Å². The third-order valence-corrected chi connectivity index (χ3v) is 4.41. The molecule has 1 N–H and O–H groups in total. The van der Waals surface area contributed by atoms with E-state index in [9.17, 15) is 9.59 Å². The zero-order valence-electron chi connectivity index (χ0n) is 16.8. The number of hydrogen-bond acceptors (Lipinski definition) is 4. The molecule has 1 amide bonds. The van der Waals surface area contributed by atoms with Crippen molar-refractivity contribution in [2.24, 2.45) is 5.92 Å². The fourth-order valence-electron chi connectivity index (χ4n) is 2.52. The number of halogens is 1. The van der Waals surface area contributed by atoms with E-state index in [4.69, 9.17) is 16.3 Å². The van der Waals surface area contributed by atoms with Gasteiger partial charge < -0.3 is 10.1 Å². The van der Waals surface area contributed by atoms with Crippen LogP contribution < -0.4 is 5.32 Å². The number of aromatic nitrogens is 2. The van der Waals surface area contributed by atoms with Crippen LogP contribution in [0.25, 0.3) is 6.08 Å². The number of ether oxygens (including phenoxy) is 1. The van der Waals surface area contributed by atoms with Crippen LogP contribution in [0, 0.1) is 19.8 Å². The standard InChI is InChI=1S/C21H26ClN3O3/c1-13(2)12-25-20(22)18(15(4)24-25)10-11-19(26)28-16(5)21(27)23-17-8-6-14(3)7-9-17/h6-11,13,16H,12H2,1-5H3,(H,23,27)/b11-10+/t16-/m0/s1. The maximum absolute atomic E-state index is 12.2. The minimum Gasteiger partial charge on any atom is -0.449 e. The first-order chi connectivity index (χ1) is 13.2. The molecule has 0 unspecified atom stereocenters. The molecule has 0 saturated carbocycles. The summed E-state index contributed by atoms with van der Waals surface area (Å²) in [6.45, 7) is 10.1. The number of nitrogens with one attached hydrogen (secondary N) is 1. The number of carbonyl (C=O) groups is 2. The molecule has 0 aliphatic rings. The van der Waals surface area contributed by atoms with Crippen molar-refractivity contribution < 1.29 is 14.3 Å². The van der Waals surface area contributed by atoms with Crippen LogP contribution in [0.4, 0.5) is 5.69 Å². The smallest absolute Gasteiger partial charge is 0.331 e. The summed E-state index contributed by atoms with van der Waals surface area (Å²) in [5, 5.41) is 7.57. The summed E-state index contributed by atoms with van der Waals surface area (Å²) in [5.74, 6) is -0.630. The van der Waals surface area contributed by atoms with Gasteiger partial charge in [-0.15, -0.1) is 0 Å². The number of rotatable bonds is 7. The lowest BCUT2D eigenvalue weighted by Gasteiger charge is -2.12. The first-order valence-corrected chi connectivity index (χ1v) is 9.54. The number of hydrogen-bond donors (Lipinski definition) is 1. The summed E-state index contributed by atoms with van der Waals surface area (Å²) < 4.78 is 6.89. The Hall–Kier alpha value is -2.60. The summed E-state index contributed by atoms with van der Waals surface area (Å²) in [4.78, 5) is 24.3. The van der Waals surface area contributed by atoms with Crippen molar-refractivity contribution in [3.05, 3.63) is 52.3 Å². The second-order valence-corrected chi connectivity index (χ2v) is 7.49. The number of benzene rings is 1. The Bertz CT molecular complexity index is 870. The molecule has 1 aromatic heterocycles. The zero-order valence-corrected chi connectivity index (χ0v) is 17.6. The third kappa shape index (κ3) is 5.96. The lowest BCUT2D eigenvalue weighted by atomic mass is 10.2. The number of aryl methyl sites for hydroxylation is 2. The van der Waals surface area contributed by atoms with Crippen molar-refractivity contribution in [2.45, 2.75) is 47.3 Å². The Labute approximate surface area is 170 Å². The first-order valence-electron chi connectivity index (χ1n) is 9.16. The van der Waals surface area contributed by atoms with Gasteiger partial charge >= 0.3 is 5.97 Å². The van der Waals surface area contributed by atoms with Gasteiger partial charge in [-0.25, -0.2) is 4.79 Å². The van der Waals surface area contributed by atoms with E-state index < -0.39 is 18.0 Å². The fraction of sp³-hybridized carbons (Fsp3) is 0.381. The minimum atomic E-state index is -0.932. The van der Waals surface area contributed by atoms with E-state index in [0.717, 1.165) is 11.3 Å². The summed E-state index contributed by atoms with van der Waals surface area (Å²) in [7, 11) is 0. The van der Waals surface area contributed by atoms with Crippen molar-refractivity contribution in [2.75, 3.05) is 5.32 Å². The molecular formula is C21H26ClN3O3. The highest BCUT2D eigenvalue weighted by Gasteiger charge is 2.17. The molecule has 0 radical (unpaired) electrons. The average molecular weight is 404 g/mol. The molecule has 2 aromatic rings. The van der Waals surface area contributed by atoms with Crippen LogP contribution in [0.2, 0.25) is 5.15 Å². The van der Waals surface area contributed by atoms with Crippen molar-refractivity contribution in [1.82, 2.24) is 9.78 Å². The van der Waals surface area contributed by atoms with Gasteiger partial charge in [-0.05, 0) is 44.9 Å². The van der Waals surface area contributed by atoms with Gasteiger partial charge in [0, 0.05) is 23.9 Å². The van der Waals surface area contributed by atoms with E-state index in [2.05, 4.69) is 24.3 Å². The Balaban J connectivity index is 1.96. The van der Waals surface area contributed by atoms with Gasteiger partial charge in [0.1, 0.15) is 5.15 Å². The molecule has 1 atom stereocenters. The monoisotopic (exact) mass is 403 g/mol. The zero-order chi connectivity index (χ0) is 20.8. The van der Waals surface area contributed by atoms with Gasteiger partial charge in [0.15, 0.2) is 6.10 Å². The first kappa shape index (κ1) is 21.7. The normalized spacial score (nSPS) is 12.4. The number of amides is 1. The molecule has 0 spiro atoms. The molecule has 6 nitrogen and oxygen atoms in total. The molecule has 0 bridgehead atoms. The fourth-order valence-corrected chi connectivity index (χ4v) is 2.83. The highest BCUT2D eigenvalue weighted by Crippen LogP contribution is 2.22. The van der Waals surface area contributed by atoms with Crippen LogP contribution in [-0.2, 0) is 20.9 Å². The van der Waals surface area contributed by atoms with Gasteiger partial charge in [-0.2, -0.15) is 5.10 Å². The van der Waals surface area contributed by atoms with E-state index in [1.54, 1.807) is 22.9 Å².